The van der Waals surface area contributed by atoms with Crippen molar-refractivity contribution in [3.8, 4) is 0 Å². The minimum atomic E-state index is 0.0456. The number of fused-ring (bicyclic) bond motifs is 1. The molecule has 7 rings (SSSR count). The normalized spacial score (nSPS) is 30.2. The topological polar surface area (TPSA) is 57.6 Å². The molecule has 0 radical (unpaired) electrons. The first-order chi connectivity index (χ1) is 17.5. The van der Waals surface area contributed by atoms with Gasteiger partial charge in [-0.2, -0.15) is 0 Å². The fraction of sp³-hybridized carbons (Fsp3) is 0.667. The summed E-state index contributed by atoms with van der Waals surface area (Å²) >= 11 is 0. The average molecular weight is 491 g/mol. The average Bonchev–Trinajstić information content (AvgIpc) is 2.83. The third-order valence-electron chi connectivity index (χ3n) is 9.71. The summed E-state index contributed by atoms with van der Waals surface area (Å²) in [6, 6.07) is 7.76. The van der Waals surface area contributed by atoms with Gasteiger partial charge in [-0.1, -0.05) is 6.07 Å². The molecule has 5 aliphatic rings. The van der Waals surface area contributed by atoms with Gasteiger partial charge in [-0.15, -0.1) is 0 Å². The molecule has 1 amide bonds. The van der Waals surface area contributed by atoms with Crippen LogP contribution in [-0.2, 0) is 11.3 Å². The summed E-state index contributed by atoms with van der Waals surface area (Å²) < 4.78 is 1.84. The van der Waals surface area contributed by atoms with Gasteiger partial charge in [-0.05, 0) is 106 Å². The fourth-order valence-corrected chi connectivity index (χ4v) is 8.33. The highest BCUT2D eigenvalue weighted by Gasteiger charge is 2.51. The van der Waals surface area contributed by atoms with E-state index in [4.69, 9.17) is 0 Å². The summed E-state index contributed by atoms with van der Waals surface area (Å²) in [7, 11) is 2.18. The minimum Gasteiger partial charge on any atom is -0.325 e. The summed E-state index contributed by atoms with van der Waals surface area (Å²) in [4.78, 5) is 31.4. The second-order valence-corrected chi connectivity index (χ2v) is 12.6. The van der Waals surface area contributed by atoms with Crippen LogP contribution in [-0.4, -0.2) is 60.0 Å². The lowest BCUT2D eigenvalue weighted by molar-refractivity contribution is -0.124. The molecule has 0 atom stereocenters. The first-order valence-corrected chi connectivity index (χ1v) is 14.3. The number of aryl methyl sites for hydroxylation is 1. The van der Waals surface area contributed by atoms with Gasteiger partial charge in [0.1, 0.15) is 0 Å². The van der Waals surface area contributed by atoms with Crippen LogP contribution in [0.2, 0.25) is 0 Å². The maximum absolute atomic E-state index is 13.2. The van der Waals surface area contributed by atoms with Gasteiger partial charge >= 0.3 is 0 Å². The number of nitrogens with zero attached hydrogens (tertiary/aromatic N) is 3. The number of unbranched alkanes of at least 4 members (excludes halogenated alkanes) is 1. The van der Waals surface area contributed by atoms with Crippen molar-refractivity contribution in [3.63, 3.8) is 0 Å². The quantitative estimate of drug-likeness (QED) is 0.551. The number of amides is 1. The van der Waals surface area contributed by atoms with E-state index in [1.807, 2.05) is 35.0 Å². The summed E-state index contributed by atoms with van der Waals surface area (Å²) in [5.41, 5.74) is 1.05. The maximum Gasteiger partial charge on any atom is 0.258 e. The van der Waals surface area contributed by atoms with E-state index in [2.05, 4.69) is 22.2 Å². The monoisotopic (exact) mass is 490 g/mol. The molecule has 36 heavy (non-hydrogen) atoms. The SMILES string of the molecule is CN1CCN(CCCCn2ccc3c(NC(=O)CC45CC6CC(CC(C6)C4)C5)cccc3c2=O)CC1. The molecule has 4 bridgehead atoms. The van der Waals surface area contributed by atoms with Crippen molar-refractivity contribution in [1.29, 1.82) is 0 Å². The molecule has 194 valence electrons. The Morgan fingerprint density at radius 1 is 0.917 bits per heavy atom. The number of hydrogen-bond acceptors (Lipinski definition) is 4. The van der Waals surface area contributed by atoms with Crippen molar-refractivity contribution >= 4 is 22.4 Å². The van der Waals surface area contributed by atoms with E-state index >= 15 is 0 Å². The zero-order chi connectivity index (χ0) is 24.7. The first-order valence-electron chi connectivity index (χ1n) is 14.3. The van der Waals surface area contributed by atoms with E-state index < -0.39 is 0 Å². The Hall–Kier alpha value is -2.18. The number of anilines is 1. The molecule has 1 N–H and O–H groups in total. The molecule has 0 unspecified atom stereocenters. The van der Waals surface area contributed by atoms with Crippen molar-refractivity contribution < 1.29 is 4.79 Å². The highest BCUT2D eigenvalue weighted by molar-refractivity contribution is 6.02. The van der Waals surface area contributed by atoms with Crippen LogP contribution in [0.4, 0.5) is 5.69 Å². The highest BCUT2D eigenvalue weighted by atomic mass is 16.1. The number of hydrogen-bond donors (Lipinski definition) is 1. The maximum atomic E-state index is 13.2. The van der Waals surface area contributed by atoms with Crippen LogP contribution in [0.25, 0.3) is 10.8 Å². The number of aromatic nitrogens is 1. The molecule has 2 heterocycles. The number of nitrogens with one attached hydrogen (secondary N) is 1. The van der Waals surface area contributed by atoms with E-state index in [1.54, 1.807) is 0 Å². The molecular weight excluding hydrogens is 448 g/mol. The second kappa shape index (κ2) is 9.94. The number of benzene rings is 1. The molecule has 0 spiro atoms. The van der Waals surface area contributed by atoms with E-state index in [1.165, 1.54) is 38.5 Å². The van der Waals surface area contributed by atoms with Gasteiger partial charge in [0.2, 0.25) is 5.91 Å². The lowest BCUT2D eigenvalue weighted by Crippen LogP contribution is -2.47. The zero-order valence-corrected chi connectivity index (χ0v) is 21.9. The lowest BCUT2D eigenvalue weighted by Gasteiger charge is -2.56. The van der Waals surface area contributed by atoms with Crippen LogP contribution >= 0.6 is 0 Å². The van der Waals surface area contributed by atoms with E-state index in [0.29, 0.717) is 11.8 Å². The van der Waals surface area contributed by atoms with E-state index in [-0.39, 0.29) is 16.9 Å². The van der Waals surface area contributed by atoms with E-state index in [0.717, 1.165) is 80.9 Å². The summed E-state index contributed by atoms with van der Waals surface area (Å²) in [6.45, 7) is 6.42. The fourth-order valence-electron chi connectivity index (χ4n) is 8.33. The predicted molar refractivity (Wildman–Crippen MR) is 145 cm³/mol. The molecule has 4 saturated carbocycles. The largest absolute Gasteiger partial charge is 0.325 e. The van der Waals surface area contributed by atoms with Crippen LogP contribution < -0.4 is 10.9 Å². The van der Waals surface area contributed by atoms with Gasteiger partial charge in [0.25, 0.3) is 5.56 Å². The predicted octanol–water partition coefficient (Wildman–Crippen LogP) is 4.57. The van der Waals surface area contributed by atoms with Crippen molar-refractivity contribution in [2.75, 3.05) is 45.1 Å². The molecule has 6 heteroatoms. The molecule has 2 aromatic rings. The Balaban J connectivity index is 1.08. The summed E-state index contributed by atoms with van der Waals surface area (Å²) in [5.74, 6) is 2.67. The molecule has 1 aliphatic heterocycles. The van der Waals surface area contributed by atoms with Crippen LogP contribution in [0.15, 0.2) is 35.3 Å². The van der Waals surface area contributed by atoms with E-state index in [9.17, 15) is 9.59 Å². The van der Waals surface area contributed by atoms with Gasteiger partial charge in [-0.3, -0.25) is 9.59 Å². The van der Waals surface area contributed by atoms with Gasteiger partial charge in [-0.25, -0.2) is 0 Å². The van der Waals surface area contributed by atoms with Crippen LogP contribution in [0.3, 0.4) is 0 Å². The Bertz CT molecular complexity index is 1130. The Morgan fingerprint density at radius 3 is 2.28 bits per heavy atom. The summed E-state index contributed by atoms with van der Waals surface area (Å²) in [5, 5.41) is 4.76. The Kier molecular flexibility index (Phi) is 6.67. The van der Waals surface area contributed by atoms with Gasteiger partial charge < -0.3 is 19.7 Å². The molecule has 1 saturated heterocycles. The number of carbonyl (C=O) groups excluding carboxylic acids is 1. The number of pyridine rings is 1. The van der Waals surface area contributed by atoms with Crippen LogP contribution in [0.1, 0.15) is 57.8 Å². The molecule has 6 nitrogen and oxygen atoms in total. The van der Waals surface area contributed by atoms with Gasteiger partial charge in [0.05, 0.1) is 0 Å². The summed E-state index contributed by atoms with van der Waals surface area (Å²) in [6.07, 6.45) is 12.6. The Morgan fingerprint density at radius 2 is 1.58 bits per heavy atom. The third-order valence-corrected chi connectivity index (χ3v) is 9.71. The number of piperazine rings is 1. The van der Waals surface area contributed by atoms with Crippen LogP contribution in [0.5, 0.6) is 0 Å². The van der Waals surface area contributed by atoms with Gasteiger partial charge in [0, 0.05) is 61.8 Å². The smallest absolute Gasteiger partial charge is 0.258 e. The first kappa shape index (κ1) is 24.2. The van der Waals surface area contributed by atoms with Crippen molar-refractivity contribution in [3.05, 3.63) is 40.8 Å². The number of carbonyl (C=O) groups is 1. The standard InChI is InChI=1S/C30H42N4O2/c1-32-11-13-33(14-12-32)8-2-3-9-34-10-7-25-26(29(34)36)5-4-6-27(25)31-28(35)21-30-18-22-15-23(19-30)17-24(16-22)20-30/h4-7,10,22-24H,2-3,8-9,11-21H2,1H3,(H,31,35). The van der Waals surface area contributed by atoms with Gasteiger partial charge in [0.15, 0.2) is 0 Å². The molecule has 1 aromatic carbocycles. The zero-order valence-electron chi connectivity index (χ0n) is 21.9. The molecule has 1 aromatic heterocycles. The third kappa shape index (κ3) is 4.99. The van der Waals surface area contributed by atoms with Crippen molar-refractivity contribution in [1.82, 2.24) is 14.4 Å². The number of likely N-dealkylation sites (N-methyl/N-ethyl adjacent to an activating group) is 1. The Labute approximate surface area is 215 Å². The number of rotatable bonds is 8. The van der Waals surface area contributed by atoms with Crippen molar-refractivity contribution in [2.45, 2.75) is 64.3 Å². The lowest BCUT2D eigenvalue weighted by atomic mass is 9.49. The highest BCUT2D eigenvalue weighted by Crippen LogP contribution is 2.61. The minimum absolute atomic E-state index is 0.0456. The van der Waals surface area contributed by atoms with Crippen LogP contribution in [0, 0.1) is 23.2 Å². The molecule has 5 fully saturated rings. The van der Waals surface area contributed by atoms with Crippen molar-refractivity contribution in [2.24, 2.45) is 23.2 Å². The molecule has 4 aliphatic carbocycles. The molecular formula is C30H42N4O2. The second-order valence-electron chi connectivity index (χ2n) is 12.6.